The molecule has 2 aromatic carbocycles. The van der Waals surface area contributed by atoms with E-state index in [1.165, 1.54) is 0 Å². The average molecular weight is 378 g/mol. The number of hydrogen-bond acceptors (Lipinski definition) is 6. The minimum Gasteiger partial charge on any atom is -0.493 e. The van der Waals surface area contributed by atoms with Gasteiger partial charge in [-0.25, -0.2) is 9.97 Å². The third kappa shape index (κ3) is 4.24. The van der Waals surface area contributed by atoms with E-state index in [0.717, 1.165) is 29.0 Å². The van der Waals surface area contributed by atoms with Crippen LogP contribution in [0.2, 0.25) is 0 Å². The summed E-state index contributed by atoms with van der Waals surface area (Å²) >= 11 is 0. The number of anilines is 2. The number of nitrogens with zero attached hydrogens (tertiary/aromatic N) is 2. The Morgan fingerprint density at radius 2 is 2.00 bits per heavy atom. The summed E-state index contributed by atoms with van der Waals surface area (Å²) in [6.45, 7) is 0.393. The van der Waals surface area contributed by atoms with Gasteiger partial charge < -0.3 is 20.9 Å². The largest absolute Gasteiger partial charge is 0.493 e. The molecule has 1 aliphatic heterocycles. The molecule has 0 spiro atoms. The molecule has 4 rings (SSSR count). The molecule has 0 radical (unpaired) electrons. The number of benzene rings is 2. The van der Waals surface area contributed by atoms with E-state index in [4.69, 9.17) is 20.4 Å². The Kier molecular flexibility index (Phi) is 5.81. The van der Waals surface area contributed by atoms with Crippen molar-refractivity contribution in [3.05, 3.63) is 65.9 Å². The van der Waals surface area contributed by atoms with Crippen LogP contribution in [0.4, 0.5) is 11.5 Å². The topological polar surface area (TPSA) is 127 Å². The number of rotatable bonds is 3. The lowest BCUT2D eigenvalue weighted by molar-refractivity contribution is -0.122. The predicted octanol–water partition coefficient (Wildman–Crippen LogP) is 2.61. The first-order valence-corrected chi connectivity index (χ1v) is 8.45. The monoisotopic (exact) mass is 378 g/mol. The molecule has 8 heteroatoms. The second kappa shape index (κ2) is 8.63. The van der Waals surface area contributed by atoms with Crippen LogP contribution in [0.1, 0.15) is 15.9 Å². The normalized spacial score (nSPS) is 11.4. The first-order chi connectivity index (χ1) is 13.6. The quantitative estimate of drug-likeness (QED) is 0.598. The van der Waals surface area contributed by atoms with Crippen LogP contribution in [0.25, 0.3) is 11.4 Å². The molecule has 1 aliphatic rings. The first-order valence-electron chi connectivity index (χ1n) is 8.45. The molecule has 3 aromatic rings. The number of carbonyl (C=O) groups is 2. The Morgan fingerprint density at radius 3 is 2.79 bits per heavy atom. The van der Waals surface area contributed by atoms with Gasteiger partial charge in [-0.15, -0.1) is 0 Å². The van der Waals surface area contributed by atoms with Crippen molar-refractivity contribution < 1.29 is 19.4 Å². The third-order valence-corrected chi connectivity index (χ3v) is 4.05. The Bertz CT molecular complexity index is 1010. The number of nitrogen functional groups attached to an aromatic ring is 1. The molecular formula is C20H18N4O4. The number of ether oxygens (including phenoxy) is 1. The Labute approximate surface area is 161 Å². The molecule has 1 aromatic heterocycles. The van der Waals surface area contributed by atoms with Crippen molar-refractivity contribution in [2.75, 3.05) is 17.7 Å². The van der Waals surface area contributed by atoms with E-state index >= 15 is 0 Å². The van der Waals surface area contributed by atoms with Gasteiger partial charge in [0, 0.05) is 35.0 Å². The highest BCUT2D eigenvalue weighted by molar-refractivity contribution is 6.05. The molecule has 0 atom stereocenters. The average Bonchev–Trinajstić information content (AvgIpc) is 3.19. The summed E-state index contributed by atoms with van der Waals surface area (Å²) < 4.78 is 5.53. The molecule has 0 saturated carbocycles. The van der Waals surface area contributed by atoms with Crippen LogP contribution in [-0.4, -0.2) is 34.1 Å². The fraction of sp³-hybridized carbons (Fsp3) is 0.100. The van der Waals surface area contributed by atoms with Crippen LogP contribution in [0, 0.1) is 0 Å². The number of carbonyl (C=O) groups excluding carboxylic acids is 1. The highest BCUT2D eigenvalue weighted by atomic mass is 16.5. The van der Waals surface area contributed by atoms with Crippen molar-refractivity contribution in [2.24, 2.45) is 0 Å². The van der Waals surface area contributed by atoms with Crippen LogP contribution in [0.15, 0.2) is 54.7 Å². The Balaban J connectivity index is 0.000000706. The van der Waals surface area contributed by atoms with Gasteiger partial charge in [0.15, 0.2) is 5.82 Å². The van der Waals surface area contributed by atoms with E-state index in [1.54, 1.807) is 30.5 Å². The van der Waals surface area contributed by atoms with E-state index in [1.807, 2.05) is 24.3 Å². The molecule has 28 heavy (non-hydrogen) atoms. The number of aromatic nitrogens is 2. The van der Waals surface area contributed by atoms with Gasteiger partial charge in [0.1, 0.15) is 11.6 Å². The summed E-state index contributed by atoms with van der Waals surface area (Å²) in [4.78, 5) is 29.4. The summed E-state index contributed by atoms with van der Waals surface area (Å²) in [5.74, 6) is 1.52. The zero-order chi connectivity index (χ0) is 19.9. The number of fused-ring (bicyclic) bond motifs is 1. The van der Waals surface area contributed by atoms with Crippen molar-refractivity contribution in [3.8, 4) is 17.1 Å². The van der Waals surface area contributed by atoms with E-state index in [9.17, 15) is 4.79 Å². The van der Waals surface area contributed by atoms with Gasteiger partial charge in [0.2, 0.25) is 0 Å². The molecule has 142 valence electrons. The molecular weight excluding hydrogens is 360 g/mol. The van der Waals surface area contributed by atoms with Crippen LogP contribution in [0.3, 0.4) is 0 Å². The van der Waals surface area contributed by atoms with Crippen LogP contribution in [0.5, 0.6) is 5.75 Å². The summed E-state index contributed by atoms with van der Waals surface area (Å²) in [7, 11) is 0. The SMILES string of the molecule is Nc1ccnc(-c2cccc(C(=O)Nc3cccc4c3CCO4)c2)n1.O=CO. The molecule has 0 bridgehead atoms. The van der Waals surface area contributed by atoms with Crippen LogP contribution < -0.4 is 15.8 Å². The maximum atomic E-state index is 12.6. The zero-order valence-corrected chi connectivity index (χ0v) is 14.8. The number of nitrogens with one attached hydrogen (secondary N) is 1. The molecule has 0 fully saturated rings. The maximum Gasteiger partial charge on any atom is 0.290 e. The third-order valence-electron chi connectivity index (χ3n) is 4.05. The maximum absolute atomic E-state index is 12.6. The lowest BCUT2D eigenvalue weighted by Gasteiger charge is -2.10. The zero-order valence-electron chi connectivity index (χ0n) is 14.8. The second-order valence-electron chi connectivity index (χ2n) is 5.83. The van der Waals surface area contributed by atoms with E-state index < -0.39 is 0 Å². The van der Waals surface area contributed by atoms with Gasteiger partial charge in [-0.05, 0) is 30.3 Å². The lowest BCUT2D eigenvalue weighted by atomic mass is 10.1. The van der Waals surface area contributed by atoms with Crippen LogP contribution in [-0.2, 0) is 11.2 Å². The summed E-state index contributed by atoms with van der Waals surface area (Å²) in [6, 6.07) is 14.4. The first kappa shape index (κ1) is 18.8. The van der Waals surface area contributed by atoms with Gasteiger partial charge in [-0.2, -0.15) is 0 Å². The smallest absolute Gasteiger partial charge is 0.290 e. The Morgan fingerprint density at radius 1 is 1.21 bits per heavy atom. The van der Waals surface area contributed by atoms with Crippen molar-refractivity contribution in [1.82, 2.24) is 9.97 Å². The lowest BCUT2D eigenvalue weighted by Crippen LogP contribution is -2.13. The molecule has 4 N–H and O–H groups in total. The van der Waals surface area contributed by atoms with Crippen LogP contribution >= 0.6 is 0 Å². The molecule has 0 unspecified atom stereocenters. The fourth-order valence-electron chi connectivity index (χ4n) is 2.84. The van der Waals surface area contributed by atoms with Crippen molar-refractivity contribution in [1.29, 1.82) is 0 Å². The van der Waals surface area contributed by atoms with E-state index in [2.05, 4.69) is 15.3 Å². The standard InChI is InChI=1S/C19H16N4O2.CH2O2/c20-17-7-9-21-18(23-17)12-3-1-4-13(11-12)19(24)22-15-5-2-6-16-14(15)8-10-25-16;2-1-3/h1-7,9,11H,8,10H2,(H,22,24)(H2,20,21,23);1H,(H,2,3). The van der Waals surface area contributed by atoms with Gasteiger partial charge in [0.05, 0.1) is 6.61 Å². The van der Waals surface area contributed by atoms with Gasteiger partial charge >= 0.3 is 0 Å². The highest BCUT2D eigenvalue weighted by Crippen LogP contribution is 2.31. The van der Waals surface area contributed by atoms with Gasteiger partial charge in [0.25, 0.3) is 12.4 Å². The highest BCUT2D eigenvalue weighted by Gasteiger charge is 2.18. The summed E-state index contributed by atoms with van der Waals surface area (Å²) in [6.07, 6.45) is 2.39. The summed E-state index contributed by atoms with van der Waals surface area (Å²) in [5.41, 5.74) is 8.79. The minimum atomic E-state index is -0.250. The predicted molar refractivity (Wildman–Crippen MR) is 104 cm³/mol. The fourth-order valence-corrected chi connectivity index (χ4v) is 2.84. The molecule has 0 aliphatic carbocycles. The molecule has 8 nitrogen and oxygen atoms in total. The minimum absolute atomic E-state index is 0.189. The molecule has 1 amide bonds. The summed E-state index contributed by atoms with van der Waals surface area (Å²) in [5, 5.41) is 9.85. The van der Waals surface area contributed by atoms with Crippen molar-refractivity contribution >= 4 is 23.9 Å². The molecule has 2 heterocycles. The molecule has 0 saturated heterocycles. The number of carboxylic acid groups (broad SMARTS) is 1. The number of amides is 1. The van der Waals surface area contributed by atoms with Crippen molar-refractivity contribution in [3.63, 3.8) is 0 Å². The van der Waals surface area contributed by atoms with Crippen molar-refractivity contribution in [2.45, 2.75) is 6.42 Å². The number of nitrogens with two attached hydrogens (primary N) is 1. The van der Waals surface area contributed by atoms with E-state index in [-0.39, 0.29) is 12.4 Å². The second-order valence-corrected chi connectivity index (χ2v) is 5.83. The van der Waals surface area contributed by atoms with Gasteiger partial charge in [-0.1, -0.05) is 18.2 Å². The van der Waals surface area contributed by atoms with Gasteiger partial charge in [-0.3, -0.25) is 9.59 Å². The Hall–Kier alpha value is -3.94. The number of hydrogen-bond donors (Lipinski definition) is 3. The van der Waals surface area contributed by atoms with E-state index in [0.29, 0.717) is 23.8 Å².